The molecule has 0 unspecified atom stereocenters. The van der Waals surface area contributed by atoms with Crippen molar-refractivity contribution in [2.75, 3.05) is 5.32 Å². The second-order valence-electron chi connectivity index (χ2n) is 6.82. The first kappa shape index (κ1) is 11.5. The highest BCUT2D eigenvalue weighted by molar-refractivity contribution is 5.95. The fraction of sp³-hybridized carbons (Fsp3) is 0.588. The van der Waals surface area contributed by atoms with Crippen LogP contribution in [-0.2, 0) is 4.79 Å². The maximum absolute atomic E-state index is 12.4. The van der Waals surface area contributed by atoms with Crippen LogP contribution in [0.5, 0.6) is 0 Å². The third-order valence-corrected chi connectivity index (χ3v) is 5.68. The molecule has 3 aliphatic carbocycles. The summed E-state index contributed by atoms with van der Waals surface area (Å²) in [6.07, 6.45) is 4.15. The third kappa shape index (κ3) is 1.65. The number of benzene rings is 1. The Hall–Kier alpha value is -1.31. The van der Waals surface area contributed by atoms with E-state index in [1.54, 1.807) is 0 Å². The molecule has 3 fully saturated rings. The number of carbonyl (C=O) groups excluding carboxylic acids is 1. The molecule has 4 atom stereocenters. The van der Waals surface area contributed by atoms with Gasteiger partial charge in [0.25, 0.3) is 0 Å². The lowest BCUT2D eigenvalue weighted by Gasteiger charge is -2.12. The molecule has 1 aromatic rings. The van der Waals surface area contributed by atoms with E-state index in [0.29, 0.717) is 5.92 Å². The molecule has 0 aliphatic heterocycles. The van der Waals surface area contributed by atoms with Gasteiger partial charge in [0.15, 0.2) is 0 Å². The zero-order chi connectivity index (χ0) is 13.1. The second kappa shape index (κ2) is 3.84. The van der Waals surface area contributed by atoms with Crippen molar-refractivity contribution in [1.29, 1.82) is 0 Å². The van der Waals surface area contributed by atoms with E-state index in [1.807, 2.05) is 6.07 Å². The van der Waals surface area contributed by atoms with Crippen LogP contribution in [0.3, 0.4) is 0 Å². The first-order chi connectivity index (χ1) is 9.15. The lowest BCUT2D eigenvalue weighted by Crippen LogP contribution is -2.19. The van der Waals surface area contributed by atoms with E-state index >= 15 is 0 Å². The van der Waals surface area contributed by atoms with Gasteiger partial charge in [0, 0.05) is 11.6 Å². The van der Waals surface area contributed by atoms with Crippen LogP contribution in [0.15, 0.2) is 18.2 Å². The van der Waals surface area contributed by atoms with Gasteiger partial charge < -0.3 is 5.32 Å². The fourth-order valence-electron chi connectivity index (χ4n) is 4.85. The van der Waals surface area contributed by atoms with Crippen molar-refractivity contribution in [1.82, 2.24) is 0 Å². The molecule has 1 aromatic carbocycles. The topological polar surface area (TPSA) is 29.1 Å². The predicted octanol–water partition coefficient (Wildman–Crippen LogP) is 3.53. The first-order valence-corrected chi connectivity index (χ1v) is 7.53. The van der Waals surface area contributed by atoms with Crippen LogP contribution >= 0.6 is 0 Å². The van der Waals surface area contributed by atoms with Crippen molar-refractivity contribution >= 4 is 11.6 Å². The van der Waals surface area contributed by atoms with Crippen LogP contribution in [0.1, 0.15) is 30.4 Å². The van der Waals surface area contributed by atoms with E-state index in [1.165, 1.54) is 30.4 Å². The normalized spacial score (nSPS) is 38.1. The number of carbonyl (C=O) groups is 1. The zero-order valence-corrected chi connectivity index (χ0v) is 11.6. The minimum atomic E-state index is 0.276. The van der Waals surface area contributed by atoms with Crippen LogP contribution in [0.4, 0.5) is 5.69 Å². The molecule has 100 valence electrons. The third-order valence-electron chi connectivity index (χ3n) is 5.68. The van der Waals surface area contributed by atoms with Gasteiger partial charge in [-0.1, -0.05) is 17.7 Å². The Morgan fingerprint density at radius 3 is 2.47 bits per heavy atom. The van der Waals surface area contributed by atoms with E-state index in [0.717, 1.165) is 29.4 Å². The number of nitrogens with one attached hydrogen (secondary N) is 1. The summed E-state index contributed by atoms with van der Waals surface area (Å²) in [5.74, 6) is 3.79. The first-order valence-electron chi connectivity index (χ1n) is 7.53. The molecule has 2 nitrogen and oxygen atoms in total. The highest BCUT2D eigenvalue weighted by Gasteiger charge is 2.67. The van der Waals surface area contributed by atoms with Crippen molar-refractivity contribution in [3.05, 3.63) is 29.3 Å². The maximum atomic E-state index is 12.4. The smallest absolute Gasteiger partial charge is 0.228 e. The zero-order valence-electron chi connectivity index (χ0n) is 11.6. The van der Waals surface area contributed by atoms with E-state index < -0.39 is 0 Å². The Bertz CT molecular complexity index is 534. The molecule has 0 saturated heterocycles. The number of hydrogen-bond acceptors (Lipinski definition) is 1. The summed E-state index contributed by atoms with van der Waals surface area (Å²) in [5, 5.41) is 3.16. The molecule has 3 aliphatic rings. The lowest BCUT2D eigenvalue weighted by molar-refractivity contribution is -0.118. The highest BCUT2D eigenvalue weighted by atomic mass is 16.2. The van der Waals surface area contributed by atoms with Gasteiger partial charge in [-0.25, -0.2) is 0 Å². The Balaban J connectivity index is 1.48. The van der Waals surface area contributed by atoms with Gasteiger partial charge in [-0.3, -0.25) is 4.79 Å². The van der Waals surface area contributed by atoms with Gasteiger partial charge in [0.05, 0.1) is 0 Å². The minimum absolute atomic E-state index is 0.276. The SMILES string of the molecule is Cc1ccc(NC(=O)C2[C@H]3[C@H]4CC[C@@H](C4)[C@H]23)c(C)c1. The van der Waals surface area contributed by atoms with E-state index in [4.69, 9.17) is 0 Å². The Labute approximate surface area is 114 Å². The monoisotopic (exact) mass is 255 g/mol. The molecular weight excluding hydrogens is 234 g/mol. The number of rotatable bonds is 2. The van der Waals surface area contributed by atoms with Gasteiger partial charge in [-0.15, -0.1) is 0 Å². The van der Waals surface area contributed by atoms with Gasteiger partial charge in [-0.2, -0.15) is 0 Å². The number of hydrogen-bond donors (Lipinski definition) is 1. The van der Waals surface area contributed by atoms with Crippen LogP contribution in [0.2, 0.25) is 0 Å². The average Bonchev–Trinajstić information content (AvgIpc) is 2.82. The quantitative estimate of drug-likeness (QED) is 0.860. The molecule has 2 heteroatoms. The van der Waals surface area contributed by atoms with Gasteiger partial charge in [0.2, 0.25) is 5.91 Å². The van der Waals surface area contributed by atoms with Crippen LogP contribution < -0.4 is 5.32 Å². The van der Waals surface area contributed by atoms with E-state index in [-0.39, 0.29) is 5.91 Å². The van der Waals surface area contributed by atoms with Crippen LogP contribution in [0.25, 0.3) is 0 Å². The van der Waals surface area contributed by atoms with Gasteiger partial charge in [-0.05, 0) is 68.4 Å². The molecular formula is C17H21NO. The van der Waals surface area contributed by atoms with Crippen molar-refractivity contribution < 1.29 is 4.79 Å². The number of aryl methyl sites for hydroxylation is 2. The van der Waals surface area contributed by atoms with Crippen LogP contribution in [0, 0.1) is 43.4 Å². The number of anilines is 1. The van der Waals surface area contributed by atoms with E-state index in [9.17, 15) is 4.79 Å². The Kier molecular flexibility index (Phi) is 2.33. The van der Waals surface area contributed by atoms with Crippen LogP contribution in [-0.4, -0.2) is 5.91 Å². The van der Waals surface area contributed by atoms with Crippen molar-refractivity contribution in [2.24, 2.45) is 29.6 Å². The average molecular weight is 255 g/mol. The predicted molar refractivity (Wildman–Crippen MR) is 75.8 cm³/mol. The number of amides is 1. The molecule has 2 bridgehead atoms. The molecule has 0 heterocycles. The summed E-state index contributed by atoms with van der Waals surface area (Å²) in [6, 6.07) is 6.24. The summed E-state index contributed by atoms with van der Waals surface area (Å²) >= 11 is 0. The van der Waals surface area contributed by atoms with Crippen molar-refractivity contribution in [3.8, 4) is 0 Å². The summed E-state index contributed by atoms with van der Waals surface area (Å²) in [6.45, 7) is 4.15. The molecule has 3 saturated carbocycles. The molecule has 4 rings (SSSR count). The standard InChI is InChI=1S/C17H21NO/c1-9-3-6-13(10(2)7-9)18-17(19)16-14-11-4-5-12(8-11)15(14)16/h3,6-7,11-12,14-16H,4-5,8H2,1-2H3,(H,18,19)/t11-,12-,14-,15-/m0/s1. The highest BCUT2D eigenvalue weighted by Crippen LogP contribution is 2.69. The van der Waals surface area contributed by atoms with Crippen molar-refractivity contribution in [3.63, 3.8) is 0 Å². The molecule has 19 heavy (non-hydrogen) atoms. The Morgan fingerprint density at radius 1 is 1.16 bits per heavy atom. The summed E-state index contributed by atoms with van der Waals surface area (Å²) in [7, 11) is 0. The second-order valence-corrected chi connectivity index (χ2v) is 6.82. The van der Waals surface area contributed by atoms with Gasteiger partial charge >= 0.3 is 0 Å². The lowest BCUT2D eigenvalue weighted by atomic mass is 10.0. The molecule has 0 radical (unpaired) electrons. The summed E-state index contributed by atoms with van der Waals surface area (Å²) in [4.78, 5) is 12.4. The number of fused-ring (bicyclic) bond motifs is 5. The minimum Gasteiger partial charge on any atom is -0.326 e. The fourth-order valence-corrected chi connectivity index (χ4v) is 4.85. The maximum Gasteiger partial charge on any atom is 0.228 e. The largest absolute Gasteiger partial charge is 0.326 e. The summed E-state index contributed by atoms with van der Waals surface area (Å²) < 4.78 is 0. The van der Waals surface area contributed by atoms with Crippen molar-refractivity contribution in [2.45, 2.75) is 33.1 Å². The molecule has 1 N–H and O–H groups in total. The van der Waals surface area contributed by atoms with Gasteiger partial charge in [0.1, 0.15) is 0 Å². The summed E-state index contributed by atoms with van der Waals surface area (Å²) in [5.41, 5.74) is 3.41. The molecule has 1 amide bonds. The Morgan fingerprint density at radius 2 is 1.84 bits per heavy atom. The molecule has 0 spiro atoms. The molecule has 0 aromatic heterocycles. The van der Waals surface area contributed by atoms with E-state index in [2.05, 4.69) is 31.3 Å².